The zero-order valence-electron chi connectivity index (χ0n) is 18.6. The van der Waals surface area contributed by atoms with Crippen molar-refractivity contribution in [2.45, 2.75) is 25.4 Å². The van der Waals surface area contributed by atoms with Crippen LogP contribution in [0.1, 0.15) is 34.8 Å². The van der Waals surface area contributed by atoms with Gasteiger partial charge in [0.1, 0.15) is 11.6 Å². The molecular weight excluding hydrogens is 414 g/mol. The van der Waals surface area contributed by atoms with E-state index in [1.54, 1.807) is 25.4 Å². The SMILES string of the molecule is COc1ccccc1C(=O)Nc1ccnn1C1CCN(Cc2cccc3cccnc23)CC1. The van der Waals surface area contributed by atoms with E-state index in [4.69, 9.17) is 4.74 Å². The number of hydrogen-bond donors (Lipinski definition) is 1. The lowest BCUT2D eigenvalue weighted by atomic mass is 10.0. The Hall–Kier alpha value is -3.71. The van der Waals surface area contributed by atoms with E-state index in [0.717, 1.165) is 38.0 Å². The maximum Gasteiger partial charge on any atom is 0.260 e. The molecule has 33 heavy (non-hydrogen) atoms. The second kappa shape index (κ2) is 9.42. The van der Waals surface area contributed by atoms with Crippen molar-refractivity contribution in [3.8, 4) is 5.75 Å². The Bertz CT molecular complexity index is 1260. The molecule has 0 bridgehead atoms. The quantitative estimate of drug-likeness (QED) is 0.476. The zero-order valence-corrected chi connectivity index (χ0v) is 18.6. The number of para-hydroxylation sites is 2. The third-order valence-corrected chi connectivity index (χ3v) is 6.28. The summed E-state index contributed by atoms with van der Waals surface area (Å²) in [7, 11) is 1.57. The lowest BCUT2D eigenvalue weighted by Gasteiger charge is -2.32. The highest BCUT2D eigenvalue weighted by atomic mass is 16.5. The summed E-state index contributed by atoms with van der Waals surface area (Å²) in [5.74, 6) is 1.06. The van der Waals surface area contributed by atoms with Crippen LogP contribution in [0.4, 0.5) is 5.82 Å². The van der Waals surface area contributed by atoms with Crippen molar-refractivity contribution in [1.29, 1.82) is 0 Å². The number of pyridine rings is 1. The Morgan fingerprint density at radius 2 is 1.85 bits per heavy atom. The number of carbonyl (C=O) groups excluding carboxylic acids is 1. The smallest absolute Gasteiger partial charge is 0.260 e. The number of fused-ring (bicyclic) bond motifs is 1. The highest BCUT2D eigenvalue weighted by Crippen LogP contribution is 2.28. The monoisotopic (exact) mass is 441 g/mol. The third kappa shape index (κ3) is 4.45. The van der Waals surface area contributed by atoms with Gasteiger partial charge in [-0.3, -0.25) is 14.7 Å². The van der Waals surface area contributed by atoms with Gasteiger partial charge < -0.3 is 10.1 Å². The molecule has 3 heterocycles. The van der Waals surface area contributed by atoms with Gasteiger partial charge in [0.05, 0.1) is 30.4 Å². The van der Waals surface area contributed by atoms with E-state index < -0.39 is 0 Å². The first kappa shape index (κ1) is 21.2. The van der Waals surface area contributed by atoms with Gasteiger partial charge in [-0.25, -0.2) is 4.68 Å². The van der Waals surface area contributed by atoms with Crippen molar-refractivity contribution in [2.75, 3.05) is 25.5 Å². The lowest BCUT2D eigenvalue weighted by Crippen LogP contribution is -2.35. The molecule has 0 saturated carbocycles. The van der Waals surface area contributed by atoms with Crippen LogP contribution in [0, 0.1) is 0 Å². The number of nitrogens with zero attached hydrogens (tertiary/aromatic N) is 4. The standard InChI is InChI=1S/C26H27N5O2/c1-33-23-10-3-2-9-22(23)26(32)29-24-11-15-28-31(24)21-12-16-30(17-13-21)18-20-7-4-6-19-8-5-14-27-25(19)20/h2-11,14-15,21H,12-13,16-18H2,1H3,(H,29,32). The summed E-state index contributed by atoms with van der Waals surface area (Å²) in [6, 6.07) is 19.8. The van der Waals surface area contributed by atoms with Crippen molar-refractivity contribution < 1.29 is 9.53 Å². The van der Waals surface area contributed by atoms with Crippen molar-refractivity contribution >= 4 is 22.6 Å². The molecule has 7 heteroatoms. The van der Waals surface area contributed by atoms with Crippen molar-refractivity contribution in [3.63, 3.8) is 0 Å². The number of nitrogens with one attached hydrogen (secondary N) is 1. The topological polar surface area (TPSA) is 72.3 Å². The number of ether oxygens (including phenoxy) is 1. The Balaban J connectivity index is 1.24. The molecule has 7 nitrogen and oxygen atoms in total. The van der Waals surface area contributed by atoms with Gasteiger partial charge in [0.15, 0.2) is 0 Å². The minimum absolute atomic E-state index is 0.199. The lowest BCUT2D eigenvalue weighted by molar-refractivity contribution is 0.102. The average molecular weight is 442 g/mol. The van der Waals surface area contributed by atoms with E-state index in [1.165, 1.54) is 10.9 Å². The Morgan fingerprint density at radius 1 is 1.03 bits per heavy atom. The predicted octanol–water partition coefficient (Wildman–Crippen LogP) is 4.53. The maximum atomic E-state index is 12.8. The largest absolute Gasteiger partial charge is 0.496 e. The molecule has 168 valence electrons. The summed E-state index contributed by atoms with van der Waals surface area (Å²) < 4.78 is 7.27. The summed E-state index contributed by atoms with van der Waals surface area (Å²) in [4.78, 5) is 19.9. The van der Waals surface area contributed by atoms with Gasteiger partial charge in [0.25, 0.3) is 5.91 Å². The molecule has 2 aromatic heterocycles. The molecule has 1 N–H and O–H groups in total. The predicted molar refractivity (Wildman–Crippen MR) is 128 cm³/mol. The van der Waals surface area contributed by atoms with Crippen LogP contribution in [0.15, 0.2) is 73.1 Å². The summed E-state index contributed by atoms with van der Waals surface area (Å²) in [5, 5.41) is 8.71. The van der Waals surface area contributed by atoms with Crippen LogP contribution in [-0.4, -0.2) is 45.8 Å². The van der Waals surface area contributed by atoms with Crippen LogP contribution in [-0.2, 0) is 6.54 Å². The zero-order chi connectivity index (χ0) is 22.6. The van der Waals surface area contributed by atoms with Crippen LogP contribution in [0.5, 0.6) is 5.75 Å². The Kier molecular flexibility index (Phi) is 6.04. The van der Waals surface area contributed by atoms with Gasteiger partial charge in [0, 0.05) is 37.3 Å². The van der Waals surface area contributed by atoms with E-state index in [1.807, 2.05) is 35.1 Å². The molecule has 0 unspecified atom stereocenters. The highest BCUT2D eigenvalue weighted by Gasteiger charge is 2.24. The Morgan fingerprint density at radius 3 is 2.70 bits per heavy atom. The maximum absolute atomic E-state index is 12.8. The second-order valence-electron chi connectivity index (χ2n) is 8.32. The first-order chi connectivity index (χ1) is 16.2. The molecule has 2 aromatic carbocycles. The summed E-state index contributed by atoms with van der Waals surface area (Å²) >= 11 is 0. The number of piperidine rings is 1. The van der Waals surface area contributed by atoms with Crippen molar-refractivity contribution in [3.05, 3.63) is 84.2 Å². The fraction of sp³-hybridized carbons (Fsp3) is 0.269. The molecule has 0 spiro atoms. The number of anilines is 1. The molecule has 0 radical (unpaired) electrons. The molecule has 1 fully saturated rings. The van der Waals surface area contributed by atoms with Crippen molar-refractivity contribution in [2.24, 2.45) is 0 Å². The number of likely N-dealkylation sites (tertiary alicyclic amines) is 1. The molecule has 5 rings (SSSR count). The third-order valence-electron chi connectivity index (χ3n) is 6.28. The van der Waals surface area contributed by atoms with Gasteiger partial charge in [-0.1, -0.05) is 36.4 Å². The molecule has 1 aliphatic rings. The van der Waals surface area contributed by atoms with E-state index in [2.05, 4.69) is 44.6 Å². The highest BCUT2D eigenvalue weighted by molar-refractivity contribution is 6.05. The summed E-state index contributed by atoms with van der Waals surface area (Å²) in [5.41, 5.74) is 2.84. The van der Waals surface area contributed by atoms with Crippen LogP contribution in [0.25, 0.3) is 10.9 Å². The summed E-state index contributed by atoms with van der Waals surface area (Å²) in [6.45, 7) is 2.82. The Labute approximate surface area is 193 Å². The number of hydrogen-bond acceptors (Lipinski definition) is 5. The number of benzene rings is 2. The van der Waals surface area contributed by atoms with Crippen LogP contribution in [0.2, 0.25) is 0 Å². The van der Waals surface area contributed by atoms with Gasteiger partial charge >= 0.3 is 0 Å². The number of amides is 1. The molecule has 1 aliphatic heterocycles. The molecule has 4 aromatic rings. The van der Waals surface area contributed by atoms with E-state index >= 15 is 0 Å². The van der Waals surface area contributed by atoms with E-state index in [9.17, 15) is 4.79 Å². The summed E-state index contributed by atoms with van der Waals surface area (Å²) in [6.07, 6.45) is 5.54. The molecule has 0 aliphatic carbocycles. The van der Waals surface area contributed by atoms with E-state index in [-0.39, 0.29) is 11.9 Å². The number of aromatic nitrogens is 3. The van der Waals surface area contributed by atoms with Gasteiger partial charge in [-0.2, -0.15) is 5.10 Å². The first-order valence-electron chi connectivity index (χ1n) is 11.3. The molecule has 1 saturated heterocycles. The first-order valence-corrected chi connectivity index (χ1v) is 11.3. The minimum atomic E-state index is -0.199. The van der Waals surface area contributed by atoms with Gasteiger partial charge in [0.2, 0.25) is 0 Å². The van der Waals surface area contributed by atoms with Gasteiger partial charge in [-0.05, 0) is 36.6 Å². The fourth-order valence-electron chi connectivity index (χ4n) is 4.58. The fourth-order valence-corrected chi connectivity index (χ4v) is 4.58. The second-order valence-corrected chi connectivity index (χ2v) is 8.32. The van der Waals surface area contributed by atoms with Crippen LogP contribution < -0.4 is 10.1 Å². The molecular formula is C26H27N5O2. The minimum Gasteiger partial charge on any atom is -0.496 e. The van der Waals surface area contributed by atoms with Crippen LogP contribution >= 0.6 is 0 Å². The normalized spacial score (nSPS) is 14.9. The average Bonchev–Trinajstić information content (AvgIpc) is 3.32. The van der Waals surface area contributed by atoms with E-state index in [0.29, 0.717) is 17.1 Å². The number of rotatable bonds is 6. The van der Waals surface area contributed by atoms with Crippen LogP contribution in [0.3, 0.4) is 0 Å². The van der Waals surface area contributed by atoms with Gasteiger partial charge in [-0.15, -0.1) is 0 Å². The molecule has 0 atom stereocenters. The number of methoxy groups -OCH3 is 1. The van der Waals surface area contributed by atoms with Crippen molar-refractivity contribution in [1.82, 2.24) is 19.7 Å². The molecule has 1 amide bonds. The number of carbonyl (C=O) groups is 1.